The SMILES string of the molecule is O=C1CC[C@H]2C(=O)N(CCc3ccccc3)[C@@H]1C(=O)N2Cc1ccccc1. The van der Waals surface area contributed by atoms with Crippen molar-refractivity contribution in [3.63, 3.8) is 0 Å². The van der Waals surface area contributed by atoms with Gasteiger partial charge in [-0.2, -0.15) is 0 Å². The zero-order valence-electron chi connectivity index (χ0n) is 15.1. The lowest BCUT2D eigenvalue weighted by Gasteiger charge is -2.42. The van der Waals surface area contributed by atoms with Gasteiger partial charge in [0.2, 0.25) is 5.91 Å². The number of nitrogens with zero attached hydrogens (tertiary/aromatic N) is 2. The van der Waals surface area contributed by atoms with E-state index >= 15 is 0 Å². The summed E-state index contributed by atoms with van der Waals surface area (Å²) in [6.07, 6.45) is 1.32. The van der Waals surface area contributed by atoms with Crippen molar-refractivity contribution < 1.29 is 14.4 Å². The molecule has 3 saturated heterocycles. The first-order valence-electron chi connectivity index (χ1n) is 9.36. The summed E-state index contributed by atoms with van der Waals surface area (Å²) in [5.41, 5.74) is 2.06. The fourth-order valence-electron chi connectivity index (χ4n) is 4.00. The van der Waals surface area contributed by atoms with Gasteiger partial charge in [0, 0.05) is 19.5 Å². The number of Topliss-reactive ketones (excluding diaryl/α,β-unsaturated/α-hetero) is 1. The van der Waals surface area contributed by atoms with Crippen LogP contribution in [-0.2, 0) is 27.3 Å². The molecule has 3 aliphatic heterocycles. The Bertz CT molecular complexity index is 850. The van der Waals surface area contributed by atoms with Crippen molar-refractivity contribution in [2.45, 2.75) is 37.9 Å². The topological polar surface area (TPSA) is 57.7 Å². The number of rotatable bonds is 5. The van der Waals surface area contributed by atoms with E-state index in [1.165, 1.54) is 4.90 Å². The van der Waals surface area contributed by atoms with Gasteiger partial charge in [0.15, 0.2) is 11.8 Å². The van der Waals surface area contributed by atoms with Crippen LogP contribution in [0.15, 0.2) is 60.7 Å². The zero-order valence-corrected chi connectivity index (χ0v) is 15.1. The molecule has 0 saturated carbocycles. The van der Waals surface area contributed by atoms with Gasteiger partial charge >= 0.3 is 0 Å². The molecule has 2 aromatic rings. The number of ketones is 1. The van der Waals surface area contributed by atoms with Crippen LogP contribution < -0.4 is 0 Å². The maximum Gasteiger partial charge on any atom is 0.254 e. The van der Waals surface area contributed by atoms with Gasteiger partial charge in [-0.05, 0) is 24.0 Å². The lowest BCUT2D eigenvalue weighted by atomic mass is 10.0. The second-order valence-corrected chi connectivity index (χ2v) is 7.14. The van der Waals surface area contributed by atoms with Crippen molar-refractivity contribution in [3.05, 3.63) is 71.8 Å². The van der Waals surface area contributed by atoms with E-state index in [-0.39, 0.29) is 24.0 Å². The van der Waals surface area contributed by atoms with Crippen LogP contribution in [0.4, 0.5) is 0 Å². The number of hydrogen-bond acceptors (Lipinski definition) is 3. The predicted octanol–water partition coefficient (Wildman–Crippen LogP) is 2.20. The molecule has 2 atom stereocenters. The summed E-state index contributed by atoms with van der Waals surface area (Å²) >= 11 is 0. The average molecular weight is 362 g/mol. The third-order valence-corrected chi connectivity index (χ3v) is 5.42. The molecule has 0 aromatic heterocycles. The van der Waals surface area contributed by atoms with Crippen molar-refractivity contribution in [1.29, 1.82) is 0 Å². The highest BCUT2D eigenvalue weighted by Crippen LogP contribution is 2.29. The highest BCUT2D eigenvalue weighted by Gasteiger charge is 2.51. The van der Waals surface area contributed by atoms with E-state index in [4.69, 9.17) is 0 Å². The van der Waals surface area contributed by atoms with Crippen LogP contribution in [0.1, 0.15) is 24.0 Å². The number of carbonyl (C=O) groups is 3. The molecule has 0 spiro atoms. The summed E-state index contributed by atoms with van der Waals surface area (Å²) in [5, 5.41) is 0. The Morgan fingerprint density at radius 3 is 2.07 bits per heavy atom. The molecule has 3 fully saturated rings. The van der Waals surface area contributed by atoms with Crippen LogP contribution in [-0.4, -0.2) is 46.0 Å². The fraction of sp³-hybridized carbons (Fsp3) is 0.318. The van der Waals surface area contributed by atoms with Gasteiger partial charge < -0.3 is 9.80 Å². The highest BCUT2D eigenvalue weighted by molar-refractivity contribution is 6.13. The van der Waals surface area contributed by atoms with E-state index in [2.05, 4.69) is 0 Å². The number of amides is 2. The molecular weight excluding hydrogens is 340 g/mol. The summed E-state index contributed by atoms with van der Waals surface area (Å²) in [6.45, 7) is 0.757. The molecule has 0 unspecified atom stereocenters. The molecule has 2 bridgehead atoms. The molecule has 2 amide bonds. The van der Waals surface area contributed by atoms with Gasteiger partial charge in [0.25, 0.3) is 5.91 Å². The summed E-state index contributed by atoms with van der Waals surface area (Å²) < 4.78 is 0. The number of benzene rings is 2. The van der Waals surface area contributed by atoms with Crippen LogP contribution >= 0.6 is 0 Å². The predicted molar refractivity (Wildman–Crippen MR) is 101 cm³/mol. The van der Waals surface area contributed by atoms with E-state index in [1.807, 2.05) is 60.7 Å². The molecule has 0 N–H and O–H groups in total. The average Bonchev–Trinajstić information content (AvgIpc) is 2.89. The summed E-state index contributed by atoms with van der Waals surface area (Å²) in [7, 11) is 0. The molecule has 3 aliphatic rings. The number of piperazine rings is 1. The van der Waals surface area contributed by atoms with Crippen LogP contribution in [0.5, 0.6) is 0 Å². The Morgan fingerprint density at radius 2 is 1.41 bits per heavy atom. The van der Waals surface area contributed by atoms with Crippen molar-refractivity contribution in [2.24, 2.45) is 0 Å². The van der Waals surface area contributed by atoms with Gasteiger partial charge in [-0.3, -0.25) is 14.4 Å². The van der Waals surface area contributed by atoms with Crippen LogP contribution in [0.25, 0.3) is 0 Å². The monoisotopic (exact) mass is 362 g/mol. The largest absolute Gasteiger partial charge is 0.324 e. The van der Waals surface area contributed by atoms with E-state index < -0.39 is 12.1 Å². The van der Waals surface area contributed by atoms with Gasteiger partial charge in [0.05, 0.1) is 0 Å². The first kappa shape index (κ1) is 17.5. The Kier molecular flexibility index (Phi) is 4.75. The van der Waals surface area contributed by atoms with Gasteiger partial charge in [-0.25, -0.2) is 0 Å². The van der Waals surface area contributed by atoms with Crippen LogP contribution in [0.2, 0.25) is 0 Å². The standard InChI is InChI=1S/C22H22N2O3/c25-19-12-11-18-21(26)23(14-13-16-7-3-1-4-8-16)20(19)22(27)24(18)15-17-9-5-2-6-10-17/h1-10,18,20H,11-15H2/t18-,20-/m0/s1. The minimum absolute atomic E-state index is 0.0997. The number of hydrogen-bond donors (Lipinski definition) is 0. The lowest BCUT2D eigenvalue weighted by Crippen LogP contribution is -2.64. The second kappa shape index (κ2) is 7.35. The molecule has 5 heteroatoms. The highest BCUT2D eigenvalue weighted by atomic mass is 16.2. The molecule has 5 nitrogen and oxygen atoms in total. The smallest absolute Gasteiger partial charge is 0.254 e. The Balaban J connectivity index is 1.57. The molecule has 0 aliphatic carbocycles. The Hall–Kier alpha value is -2.95. The van der Waals surface area contributed by atoms with Crippen LogP contribution in [0, 0.1) is 0 Å². The van der Waals surface area contributed by atoms with E-state index in [9.17, 15) is 14.4 Å². The van der Waals surface area contributed by atoms with Crippen molar-refractivity contribution in [3.8, 4) is 0 Å². The Labute approximate surface area is 158 Å². The number of fused-ring (bicyclic) bond motifs is 4. The summed E-state index contributed by atoms with van der Waals surface area (Å²) in [6, 6.07) is 17.9. The lowest BCUT2D eigenvalue weighted by molar-refractivity contribution is -0.162. The first-order valence-corrected chi connectivity index (χ1v) is 9.36. The third kappa shape index (κ3) is 3.37. The first-order chi connectivity index (χ1) is 13.1. The second-order valence-electron chi connectivity index (χ2n) is 7.14. The zero-order chi connectivity index (χ0) is 18.8. The van der Waals surface area contributed by atoms with Gasteiger partial charge in [-0.1, -0.05) is 60.7 Å². The van der Waals surface area contributed by atoms with Crippen molar-refractivity contribution in [1.82, 2.24) is 9.80 Å². The summed E-state index contributed by atoms with van der Waals surface area (Å²) in [5.74, 6) is -0.476. The minimum atomic E-state index is -0.969. The molecular formula is C22H22N2O3. The maximum atomic E-state index is 13.1. The fourth-order valence-corrected chi connectivity index (χ4v) is 4.00. The van der Waals surface area contributed by atoms with Crippen molar-refractivity contribution in [2.75, 3.05) is 6.54 Å². The molecule has 27 heavy (non-hydrogen) atoms. The van der Waals surface area contributed by atoms with Crippen LogP contribution in [0.3, 0.4) is 0 Å². The van der Waals surface area contributed by atoms with Crippen molar-refractivity contribution >= 4 is 17.6 Å². The third-order valence-electron chi connectivity index (χ3n) is 5.42. The van der Waals surface area contributed by atoms with E-state index in [1.54, 1.807) is 4.90 Å². The molecule has 5 rings (SSSR count). The summed E-state index contributed by atoms with van der Waals surface area (Å²) in [4.78, 5) is 41.9. The maximum absolute atomic E-state index is 13.1. The van der Waals surface area contributed by atoms with Gasteiger partial charge in [0.1, 0.15) is 6.04 Å². The molecule has 3 heterocycles. The number of carbonyl (C=O) groups excluding carboxylic acids is 3. The molecule has 2 aromatic carbocycles. The molecule has 0 radical (unpaired) electrons. The molecule has 138 valence electrons. The normalized spacial score (nSPS) is 22.3. The van der Waals surface area contributed by atoms with E-state index in [0.29, 0.717) is 25.9 Å². The minimum Gasteiger partial charge on any atom is -0.324 e. The quantitative estimate of drug-likeness (QED) is 0.766. The van der Waals surface area contributed by atoms with E-state index in [0.717, 1.165) is 11.1 Å². The van der Waals surface area contributed by atoms with Gasteiger partial charge in [-0.15, -0.1) is 0 Å². The Morgan fingerprint density at radius 1 is 0.778 bits per heavy atom.